The van der Waals surface area contributed by atoms with Gasteiger partial charge in [-0.1, -0.05) is 6.42 Å². The van der Waals surface area contributed by atoms with Crippen molar-refractivity contribution in [1.29, 1.82) is 0 Å². The maximum Gasteiger partial charge on any atom is 0.252 e. The molecular formula is C10H13BrClNO2S2. The zero-order chi connectivity index (χ0) is 12.5. The van der Waals surface area contributed by atoms with E-state index in [1.165, 1.54) is 11.3 Å². The smallest absolute Gasteiger partial charge is 0.206 e. The number of sulfonamides is 1. The summed E-state index contributed by atoms with van der Waals surface area (Å²) in [5, 5.41) is 0. The Kier molecular flexibility index (Phi) is 4.52. The Morgan fingerprint density at radius 3 is 2.82 bits per heavy atom. The fraction of sp³-hybridized carbons (Fsp3) is 0.600. The number of halogens is 2. The average Bonchev–Trinajstić information content (AvgIpc) is 2.76. The van der Waals surface area contributed by atoms with Gasteiger partial charge in [0.2, 0.25) is 0 Å². The number of thiophene rings is 1. The maximum absolute atomic E-state index is 12.4. The quantitative estimate of drug-likeness (QED) is 0.778. The lowest BCUT2D eigenvalue weighted by Gasteiger charge is -2.32. The second-order valence-corrected chi connectivity index (χ2v) is 8.87. The van der Waals surface area contributed by atoms with Gasteiger partial charge in [-0.2, -0.15) is 4.31 Å². The molecule has 3 nitrogen and oxygen atoms in total. The Morgan fingerprint density at radius 2 is 2.24 bits per heavy atom. The fourth-order valence-electron chi connectivity index (χ4n) is 2.00. The summed E-state index contributed by atoms with van der Waals surface area (Å²) in [6, 6.07) is 3.34. The van der Waals surface area contributed by atoms with Crippen LogP contribution in [0.1, 0.15) is 19.3 Å². The van der Waals surface area contributed by atoms with Gasteiger partial charge in [0, 0.05) is 18.5 Å². The highest BCUT2D eigenvalue weighted by Gasteiger charge is 2.33. The summed E-state index contributed by atoms with van der Waals surface area (Å²) in [5.74, 6) is 0.367. The van der Waals surface area contributed by atoms with Crippen LogP contribution in [-0.2, 0) is 10.0 Å². The van der Waals surface area contributed by atoms with Gasteiger partial charge in [-0.15, -0.1) is 22.9 Å². The normalized spacial score (nSPS) is 22.8. The van der Waals surface area contributed by atoms with Gasteiger partial charge in [0.05, 0.1) is 3.79 Å². The lowest BCUT2D eigenvalue weighted by Crippen LogP contribution is -2.44. The molecule has 0 amide bonds. The van der Waals surface area contributed by atoms with E-state index in [0.29, 0.717) is 16.6 Å². The molecule has 7 heteroatoms. The van der Waals surface area contributed by atoms with Gasteiger partial charge in [-0.25, -0.2) is 8.42 Å². The lowest BCUT2D eigenvalue weighted by atomic mass is 10.1. The minimum Gasteiger partial charge on any atom is -0.206 e. The SMILES string of the molecule is O=S(=O)(c1ccc(Br)s1)N1CCCCC1CCl. The molecule has 0 aliphatic carbocycles. The van der Waals surface area contributed by atoms with E-state index in [4.69, 9.17) is 11.6 Å². The summed E-state index contributed by atoms with van der Waals surface area (Å²) >= 11 is 10.4. The van der Waals surface area contributed by atoms with Crippen LogP contribution >= 0.6 is 38.9 Å². The number of nitrogens with zero attached hydrogens (tertiary/aromatic N) is 1. The molecule has 1 aliphatic rings. The van der Waals surface area contributed by atoms with Crippen LogP contribution in [0.4, 0.5) is 0 Å². The van der Waals surface area contributed by atoms with Crippen LogP contribution in [0.3, 0.4) is 0 Å². The van der Waals surface area contributed by atoms with Gasteiger partial charge in [0.15, 0.2) is 0 Å². The monoisotopic (exact) mass is 357 g/mol. The third-order valence-electron chi connectivity index (χ3n) is 2.86. The van der Waals surface area contributed by atoms with Crippen molar-refractivity contribution in [1.82, 2.24) is 4.31 Å². The standard InChI is InChI=1S/C10H13BrClNO2S2/c11-9-4-5-10(16-9)17(14,15)13-6-2-1-3-8(13)7-12/h4-5,8H,1-3,6-7H2. The Morgan fingerprint density at radius 1 is 1.47 bits per heavy atom. The van der Waals surface area contributed by atoms with E-state index in [0.717, 1.165) is 23.0 Å². The summed E-state index contributed by atoms with van der Waals surface area (Å²) in [5.41, 5.74) is 0. The van der Waals surface area contributed by atoms with E-state index >= 15 is 0 Å². The van der Waals surface area contributed by atoms with Gasteiger partial charge in [-0.3, -0.25) is 0 Å². The van der Waals surface area contributed by atoms with Gasteiger partial charge in [0.25, 0.3) is 10.0 Å². The molecule has 2 rings (SSSR count). The second-order valence-electron chi connectivity index (χ2n) is 3.98. The highest BCUT2D eigenvalue weighted by Crippen LogP contribution is 2.32. The molecule has 0 aromatic carbocycles. The van der Waals surface area contributed by atoms with Crippen molar-refractivity contribution in [3.8, 4) is 0 Å². The first-order chi connectivity index (χ1) is 8.05. The molecule has 0 saturated carbocycles. The van der Waals surface area contributed by atoms with Crippen LogP contribution in [0, 0.1) is 0 Å². The highest BCUT2D eigenvalue weighted by molar-refractivity contribution is 9.11. The molecule has 2 heterocycles. The molecule has 1 aliphatic heterocycles. The third-order valence-corrected chi connectivity index (χ3v) is 7.26. The molecule has 1 aromatic rings. The Hall–Kier alpha value is 0.380. The van der Waals surface area contributed by atoms with Crippen molar-refractivity contribution in [3.05, 3.63) is 15.9 Å². The Balaban J connectivity index is 2.30. The highest BCUT2D eigenvalue weighted by atomic mass is 79.9. The average molecular weight is 359 g/mol. The van der Waals surface area contributed by atoms with Crippen molar-refractivity contribution in [3.63, 3.8) is 0 Å². The van der Waals surface area contributed by atoms with Gasteiger partial charge in [-0.05, 0) is 40.9 Å². The maximum atomic E-state index is 12.4. The summed E-state index contributed by atoms with van der Waals surface area (Å²) < 4.78 is 27.6. The molecule has 96 valence electrons. The summed E-state index contributed by atoms with van der Waals surface area (Å²) in [6.45, 7) is 0.579. The first-order valence-electron chi connectivity index (χ1n) is 5.39. The molecule has 1 atom stereocenters. The van der Waals surface area contributed by atoms with E-state index in [-0.39, 0.29) is 6.04 Å². The number of hydrogen-bond donors (Lipinski definition) is 0. The van der Waals surface area contributed by atoms with Crippen LogP contribution in [0.2, 0.25) is 0 Å². The molecule has 0 radical (unpaired) electrons. The Labute approximate surface area is 119 Å². The second kappa shape index (κ2) is 5.57. The van der Waals surface area contributed by atoms with E-state index < -0.39 is 10.0 Å². The van der Waals surface area contributed by atoms with Crippen LogP contribution in [0.5, 0.6) is 0 Å². The molecule has 0 N–H and O–H groups in total. The first kappa shape index (κ1) is 13.8. The van der Waals surface area contributed by atoms with E-state index in [9.17, 15) is 8.42 Å². The summed E-state index contributed by atoms with van der Waals surface area (Å²) in [7, 11) is -3.37. The van der Waals surface area contributed by atoms with Crippen LogP contribution in [-0.4, -0.2) is 31.2 Å². The largest absolute Gasteiger partial charge is 0.252 e. The molecule has 0 spiro atoms. The van der Waals surface area contributed by atoms with Crippen LogP contribution < -0.4 is 0 Å². The number of piperidine rings is 1. The minimum atomic E-state index is -3.37. The van der Waals surface area contributed by atoms with Crippen molar-refractivity contribution in [2.75, 3.05) is 12.4 Å². The first-order valence-corrected chi connectivity index (χ1v) is 8.97. The molecule has 1 aromatic heterocycles. The molecule has 1 saturated heterocycles. The van der Waals surface area contributed by atoms with Crippen molar-refractivity contribution >= 4 is 48.9 Å². The summed E-state index contributed by atoms with van der Waals surface area (Å²) in [4.78, 5) is 0. The summed E-state index contributed by atoms with van der Waals surface area (Å²) in [6.07, 6.45) is 2.83. The van der Waals surface area contributed by atoms with Gasteiger partial charge < -0.3 is 0 Å². The van der Waals surface area contributed by atoms with Crippen molar-refractivity contribution in [2.45, 2.75) is 29.5 Å². The van der Waals surface area contributed by atoms with Crippen molar-refractivity contribution < 1.29 is 8.42 Å². The topological polar surface area (TPSA) is 37.4 Å². The van der Waals surface area contributed by atoms with E-state index in [1.807, 2.05) is 0 Å². The predicted molar refractivity (Wildman–Crippen MR) is 74.3 cm³/mol. The fourth-order valence-corrected chi connectivity index (χ4v) is 6.23. The number of rotatable bonds is 3. The molecule has 17 heavy (non-hydrogen) atoms. The van der Waals surface area contributed by atoms with Crippen molar-refractivity contribution in [2.24, 2.45) is 0 Å². The van der Waals surface area contributed by atoms with Gasteiger partial charge >= 0.3 is 0 Å². The molecular weight excluding hydrogens is 346 g/mol. The molecule has 0 bridgehead atoms. The number of hydrogen-bond acceptors (Lipinski definition) is 3. The zero-order valence-corrected chi connectivity index (χ0v) is 13.1. The molecule has 1 unspecified atom stereocenters. The lowest BCUT2D eigenvalue weighted by molar-refractivity contribution is 0.272. The minimum absolute atomic E-state index is 0.0590. The Bertz CT molecular complexity index is 488. The van der Waals surface area contributed by atoms with E-state index in [1.54, 1.807) is 16.4 Å². The van der Waals surface area contributed by atoms with Gasteiger partial charge in [0.1, 0.15) is 4.21 Å². The predicted octanol–water partition coefficient (Wildman–Crippen LogP) is 3.29. The third kappa shape index (κ3) is 2.87. The molecule has 1 fully saturated rings. The van der Waals surface area contributed by atoms with Crippen LogP contribution in [0.25, 0.3) is 0 Å². The van der Waals surface area contributed by atoms with E-state index in [2.05, 4.69) is 15.9 Å². The van der Waals surface area contributed by atoms with Crippen LogP contribution in [0.15, 0.2) is 20.1 Å². The zero-order valence-electron chi connectivity index (χ0n) is 9.10. The number of alkyl halides is 1.